The van der Waals surface area contributed by atoms with Crippen molar-refractivity contribution in [1.82, 2.24) is 0 Å². The fourth-order valence-electron chi connectivity index (χ4n) is 1.68. The molecule has 0 aliphatic heterocycles. The fraction of sp³-hybridized carbons (Fsp3) is 0. The Morgan fingerprint density at radius 2 is 1.62 bits per heavy atom. The third-order valence-corrected chi connectivity index (χ3v) is 4.22. The number of amidine groups is 1. The highest BCUT2D eigenvalue weighted by Crippen LogP contribution is 1.94. The van der Waals surface area contributed by atoms with E-state index in [1.165, 1.54) is 10.4 Å². The molecule has 2 nitrogen and oxygen atoms in total. The van der Waals surface area contributed by atoms with Gasteiger partial charge in [0.15, 0.2) is 0 Å². The van der Waals surface area contributed by atoms with E-state index >= 15 is 0 Å². The average molecular weight is 226 g/mol. The van der Waals surface area contributed by atoms with Crippen LogP contribution in [0.4, 0.5) is 0 Å². The van der Waals surface area contributed by atoms with E-state index in [-0.39, 0.29) is 5.84 Å². The van der Waals surface area contributed by atoms with Crippen LogP contribution in [0.2, 0.25) is 0 Å². The van der Waals surface area contributed by atoms with Gasteiger partial charge in [-0.1, -0.05) is 65.0 Å². The number of nitrogen functional groups attached to an aromatic ring is 1. The van der Waals surface area contributed by atoms with Crippen LogP contribution in [0.5, 0.6) is 0 Å². The quantitative estimate of drug-likeness (QED) is 0.435. The van der Waals surface area contributed by atoms with Gasteiger partial charge in [0, 0.05) is 5.56 Å². The van der Waals surface area contributed by atoms with E-state index in [1.54, 1.807) is 0 Å². The highest BCUT2D eigenvalue weighted by Gasteiger charge is 2.00. The summed E-state index contributed by atoms with van der Waals surface area (Å²) in [6.07, 6.45) is 0. The maximum Gasteiger partial charge on any atom is 0.122 e. The Morgan fingerprint density at radius 1 is 0.938 bits per heavy atom. The second kappa shape index (κ2) is 4.77. The van der Waals surface area contributed by atoms with Crippen LogP contribution in [0.1, 0.15) is 5.56 Å². The summed E-state index contributed by atoms with van der Waals surface area (Å²) < 4.78 is 0. The van der Waals surface area contributed by atoms with Crippen molar-refractivity contribution in [3.05, 3.63) is 60.2 Å². The van der Waals surface area contributed by atoms with Gasteiger partial charge in [-0.25, -0.2) is 0 Å². The van der Waals surface area contributed by atoms with Gasteiger partial charge in [-0.2, -0.15) is 0 Å². The summed E-state index contributed by atoms with van der Waals surface area (Å²) in [6, 6.07) is 18.5. The van der Waals surface area contributed by atoms with Crippen LogP contribution in [-0.4, -0.2) is 15.4 Å². The maximum atomic E-state index is 7.40. The molecular formula is C13H14N2Si. The van der Waals surface area contributed by atoms with Crippen LogP contribution < -0.4 is 16.1 Å². The highest BCUT2D eigenvalue weighted by molar-refractivity contribution is 6.67. The molecule has 0 heterocycles. The van der Waals surface area contributed by atoms with Crippen molar-refractivity contribution in [3.8, 4) is 0 Å². The fourth-order valence-corrected chi connectivity index (χ4v) is 3.24. The molecular weight excluding hydrogens is 212 g/mol. The van der Waals surface area contributed by atoms with Crippen LogP contribution in [0.15, 0.2) is 54.6 Å². The SMILES string of the molecule is N=C(N)c1cccc([SiH2]c2ccccc2)c1. The third-order valence-electron chi connectivity index (χ3n) is 2.49. The molecule has 0 radical (unpaired) electrons. The van der Waals surface area contributed by atoms with E-state index in [2.05, 4.69) is 30.3 Å². The standard InChI is InChI=1S/C13H14N2Si/c14-13(15)10-5-4-8-12(9-10)16-11-6-2-1-3-7-11/h1-9H,16H2,(H3,14,15). The van der Waals surface area contributed by atoms with E-state index in [4.69, 9.17) is 11.1 Å². The molecule has 0 fully saturated rings. The summed E-state index contributed by atoms with van der Waals surface area (Å²) in [6.45, 7) is 0. The molecule has 0 spiro atoms. The minimum Gasteiger partial charge on any atom is -0.384 e. The van der Waals surface area contributed by atoms with E-state index < -0.39 is 9.52 Å². The van der Waals surface area contributed by atoms with E-state index in [0.29, 0.717) is 0 Å². The molecule has 0 saturated heterocycles. The molecule has 0 saturated carbocycles. The van der Waals surface area contributed by atoms with Crippen LogP contribution in [0.25, 0.3) is 0 Å². The summed E-state index contributed by atoms with van der Waals surface area (Å²) >= 11 is 0. The predicted octanol–water partition coefficient (Wildman–Crippen LogP) is 0.0903. The number of hydrogen-bond acceptors (Lipinski definition) is 1. The lowest BCUT2D eigenvalue weighted by atomic mass is 10.2. The van der Waals surface area contributed by atoms with Crippen molar-refractivity contribution in [1.29, 1.82) is 5.41 Å². The number of rotatable bonds is 3. The molecule has 3 heteroatoms. The Kier molecular flexibility index (Phi) is 3.17. The summed E-state index contributed by atoms with van der Waals surface area (Å²) in [5.41, 5.74) is 6.30. The molecule has 0 aliphatic carbocycles. The highest BCUT2D eigenvalue weighted by atomic mass is 28.2. The summed E-state index contributed by atoms with van der Waals surface area (Å²) in [5.74, 6) is 0.143. The van der Waals surface area contributed by atoms with Gasteiger partial charge in [-0.05, 0) is 0 Å². The van der Waals surface area contributed by atoms with Crippen LogP contribution in [0, 0.1) is 5.41 Å². The van der Waals surface area contributed by atoms with Crippen LogP contribution in [0.3, 0.4) is 0 Å². The minimum absolute atomic E-state index is 0.143. The Balaban J connectivity index is 2.22. The van der Waals surface area contributed by atoms with Crippen LogP contribution >= 0.6 is 0 Å². The van der Waals surface area contributed by atoms with Gasteiger partial charge in [0.05, 0.1) is 9.52 Å². The Bertz CT molecular complexity index is 494. The lowest BCUT2D eigenvalue weighted by Gasteiger charge is -2.03. The Labute approximate surface area is 97.5 Å². The first-order valence-corrected chi connectivity index (χ1v) is 6.64. The van der Waals surface area contributed by atoms with Crippen molar-refractivity contribution in [2.24, 2.45) is 5.73 Å². The Morgan fingerprint density at radius 3 is 2.31 bits per heavy atom. The predicted molar refractivity (Wildman–Crippen MR) is 71.7 cm³/mol. The lowest BCUT2D eigenvalue weighted by Crippen LogP contribution is -2.27. The normalized spacial score (nSPS) is 10.8. The summed E-state index contributed by atoms with van der Waals surface area (Å²) in [5, 5.41) is 10.1. The number of hydrogen-bond donors (Lipinski definition) is 2. The number of nitrogens with one attached hydrogen (secondary N) is 1. The van der Waals surface area contributed by atoms with E-state index in [0.717, 1.165) is 5.56 Å². The molecule has 3 N–H and O–H groups in total. The number of nitrogens with two attached hydrogens (primary N) is 1. The van der Waals surface area contributed by atoms with Crippen molar-refractivity contribution >= 4 is 25.7 Å². The zero-order valence-electron chi connectivity index (χ0n) is 8.98. The molecule has 16 heavy (non-hydrogen) atoms. The molecule has 2 aromatic rings. The van der Waals surface area contributed by atoms with Gasteiger partial charge >= 0.3 is 0 Å². The Hall–Kier alpha value is -1.87. The second-order valence-corrected chi connectivity index (χ2v) is 5.76. The van der Waals surface area contributed by atoms with Gasteiger partial charge in [-0.3, -0.25) is 5.41 Å². The molecule has 80 valence electrons. The zero-order chi connectivity index (χ0) is 11.4. The molecule has 0 bridgehead atoms. The topological polar surface area (TPSA) is 49.9 Å². The first-order valence-electron chi connectivity index (χ1n) is 5.23. The molecule has 0 aromatic heterocycles. The average Bonchev–Trinajstić information content (AvgIpc) is 2.30. The van der Waals surface area contributed by atoms with Gasteiger partial charge in [-0.15, -0.1) is 0 Å². The monoisotopic (exact) mass is 226 g/mol. The van der Waals surface area contributed by atoms with Gasteiger partial charge in [0.2, 0.25) is 0 Å². The largest absolute Gasteiger partial charge is 0.384 e. The molecule has 2 aromatic carbocycles. The van der Waals surface area contributed by atoms with Gasteiger partial charge < -0.3 is 5.73 Å². The van der Waals surface area contributed by atoms with Crippen molar-refractivity contribution in [2.75, 3.05) is 0 Å². The number of benzene rings is 2. The van der Waals surface area contributed by atoms with Gasteiger partial charge in [0.1, 0.15) is 5.84 Å². The van der Waals surface area contributed by atoms with E-state index in [1.807, 2.05) is 24.3 Å². The first-order chi connectivity index (χ1) is 7.75. The first kappa shape index (κ1) is 10.6. The van der Waals surface area contributed by atoms with Gasteiger partial charge in [0.25, 0.3) is 0 Å². The molecule has 0 amide bonds. The van der Waals surface area contributed by atoms with Crippen LogP contribution in [-0.2, 0) is 0 Å². The summed E-state index contributed by atoms with van der Waals surface area (Å²) in [7, 11) is -0.440. The molecule has 0 atom stereocenters. The third kappa shape index (κ3) is 2.58. The minimum atomic E-state index is -0.440. The lowest BCUT2D eigenvalue weighted by molar-refractivity contribution is 1.43. The van der Waals surface area contributed by atoms with Crippen molar-refractivity contribution in [3.63, 3.8) is 0 Å². The van der Waals surface area contributed by atoms with Crippen molar-refractivity contribution < 1.29 is 0 Å². The molecule has 2 rings (SSSR count). The second-order valence-electron chi connectivity index (χ2n) is 3.78. The zero-order valence-corrected chi connectivity index (χ0v) is 10.4. The molecule has 0 aliphatic rings. The maximum absolute atomic E-state index is 7.40. The molecule has 0 unspecified atom stereocenters. The summed E-state index contributed by atoms with van der Waals surface area (Å²) in [4.78, 5) is 0. The van der Waals surface area contributed by atoms with E-state index in [9.17, 15) is 0 Å². The smallest absolute Gasteiger partial charge is 0.122 e. The van der Waals surface area contributed by atoms with Crippen molar-refractivity contribution in [2.45, 2.75) is 0 Å².